The zero-order valence-corrected chi connectivity index (χ0v) is 15.2. The van der Waals surface area contributed by atoms with Gasteiger partial charge in [0.25, 0.3) is 0 Å². The maximum absolute atomic E-state index is 12.5. The summed E-state index contributed by atoms with van der Waals surface area (Å²) < 4.78 is 34.7. The molecular formula is C19H17NO6S. The van der Waals surface area contributed by atoms with Crippen LogP contribution in [-0.2, 0) is 29.6 Å². The van der Waals surface area contributed by atoms with Crippen LogP contribution in [0.2, 0.25) is 0 Å². The van der Waals surface area contributed by atoms with Crippen LogP contribution in [0.4, 0.5) is 0 Å². The number of rotatable bonds is 6. The fraction of sp³-hybridized carbons (Fsp3) is 0.158. The molecule has 0 fully saturated rings. The summed E-state index contributed by atoms with van der Waals surface area (Å²) in [6.45, 7) is 1.43. The van der Waals surface area contributed by atoms with Crippen LogP contribution in [0.25, 0.3) is 0 Å². The third kappa shape index (κ3) is 4.17. The predicted octanol–water partition coefficient (Wildman–Crippen LogP) is 2.20. The van der Waals surface area contributed by atoms with Crippen LogP contribution in [0.3, 0.4) is 0 Å². The maximum atomic E-state index is 12.5. The van der Waals surface area contributed by atoms with E-state index in [1.54, 1.807) is 54.6 Å². The Morgan fingerprint density at radius 1 is 1.11 bits per heavy atom. The van der Waals surface area contributed by atoms with Gasteiger partial charge in [0.15, 0.2) is 11.9 Å². The highest BCUT2D eigenvalue weighted by atomic mass is 32.2. The first-order chi connectivity index (χ1) is 12.8. The average molecular weight is 387 g/mol. The van der Waals surface area contributed by atoms with Gasteiger partial charge in [-0.25, -0.2) is 0 Å². The Hall–Kier alpha value is -3.13. The molecule has 1 atom stereocenters. The molecule has 0 saturated carbocycles. The molecule has 8 heteroatoms. The van der Waals surface area contributed by atoms with Crippen molar-refractivity contribution in [1.82, 2.24) is 0 Å². The Balaban J connectivity index is 1.76. The summed E-state index contributed by atoms with van der Waals surface area (Å²) in [4.78, 5) is 23.9. The molecule has 2 aromatic carbocycles. The van der Waals surface area contributed by atoms with Crippen molar-refractivity contribution in [2.75, 3.05) is 0 Å². The summed E-state index contributed by atoms with van der Waals surface area (Å²) in [6.07, 6.45) is -1.12. The van der Waals surface area contributed by atoms with Crippen LogP contribution in [0.5, 0.6) is 0 Å². The van der Waals surface area contributed by atoms with E-state index in [1.807, 2.05) is 0 Å². The summed E-state index contributed by atoms with van der Waals surface area (Å²) in [6, 6.07) is 14.6. The molecule has 140 valence electrons. The lowest BCUT2D eigenvalue weighted by Gasteiger charge is -2.10. The second kappa shape index (κ2) is 7.24. The Kier molecular flexibility index (Phi) is 5.00. The molecule has 0 spiro atoms. The van der Waals surface area contributed by atoms with Crippen molar-refractivity contribution in [1.29, 1.82) is 0 Å². The molecule has 2 N–H and O–H groups in total. The van der Waals surface area contributed by atoms with Crippen molar-refractivity contribution >= 4 is 21.7 Å². The monoisotopic (exact) mass is 387 g/mol. The smallest absolute Gasteiger partial charge is 0.313 e. The minimum atomic E-state index is -4.09. The van der Waals surface area contributed by atoms with Gasteiger partial charge in [-0.3, -0.25) is 9.59 Å². The van der Waals surface area contributed by atoms with E-state index < -0.39 is 39.4 Å². The quantitative estimate of drug-likeness (QED) is 0.597. The van der Waals surface area contributed by atoms with E-state index in [0.717, 1.165) is 0 Å². The topological polar surface area (TPSA) is 113 Å². The van der Waals surface area contributed by atoms with Crippen LogP contribution in [-0.4, -0.2) is 20.0 Å². The highest BCUT2D eigenvalue weighted by Gasteiger charge is 2.39. The van der Waals surface area contributed by atoms with Crippen LogP contribution in [0.1, 0.15) is 34.5 Å². The Morgan fingerprint density at radius 3 is 2.33 bits per heavy atom. The standard InChI is InChI=1S/C19H17NO6S/c1-12(21)14-7-9-15(10-8-14)17-16(22)18(19(20)25-17)26-27(23,24)11-13-5-3-2-4-6-13/h2-10,17H,11,20H2,1H3. The first-order valence-electron chi connectivity index (χ1n) is 8.04. The summed E-state index contributed by atoms with van der Waals surface area (Å²) in [5.41, 5.74) is 7.10. The maximum Gasteiger partial charge on any atom is 0.313 e. The zero-order chi connectivity index (χ0) is 19.6. The highest BCUT2D eigenvalue weighted by molar-refractivity contribution is 7.86. The normalized spacial score (nSPS) is 16.9. The van der Waals surface area contributed by atoms with Crippen molar-refractivity contribution in [2.45, 2.75) is 18.8 Å². The Morgan fingerprint density at radius 2 is 1.74 bits per heavy atom. The molecule has 3 rings (SSSR count). The van der Waals surface area contributed by atoms with Crippen LogP contribution < -0.4 is 5.73 Å². The van der Waals surface area contributed by atoms with Gasteiger partial charge in [-0.1, -0.05) is 54.6 Å². The number of hydrogen-bond donors (Lipinski definition) is 1. The SMILES string of the molecule is CC(=O)c1ccc(C2OC(N)=C(OS(=O)(=O)Cc3ccccc3)C2=O)cc1. The van der Waals surface area contributed by atoms with Crippen LogP contribution in [0, 0.1) is 0 Å². The summed E-state index contributed by atoms with van der Waals surface area (Å²) in [5, 5.41) is 0. The minimum Gasteiger partial charge on any atom is -0.460 e. The number of Topliss-reactive ketones (excluding diaryl/α,β-unsaturated/α-hetero) is 2. The second-order valence-electron chi connectivity index (χ2n) is 6.00. The minimum absolute atomic E-state index is 0.117. The van der Waals surface area contributed by atoms with Gasteiger partial charge in [0, 0.05) is 11.1 Å². The average Bonchev–Trinajstić information content (AvgIpc) is 2.90. The number of carbonyl (C=O) groups is 2. The van der Waals surface area contributed by atoms with Gasteiger partial charge in [-0.2, -0.15) is 8.42 Å². The molecule has 1 unspecified atom stereocenters. The number of benzene rings is 2. The molecule has 0 saturated heterocycles. The lowest BCUT2D eigenvalue weighted by Crippen LogP contribution is -2.16. The second-order valence-corrected chi connectivity index (χ2v) is 7.58. The largest absolute Gasteiger partial charge is 0.460 e. The van der Waals surface area contributed by atoms with Crippen LogP contribution >= 0.6 is 0 Å². The molecule has 0 aromatic heterocycles. The number of ether oxygens (including phenoxy) is 1. The van der Waals surface area contributed by atoms with Gasteiger partial charge < -0.3 is 14.7 Å². The molecule has 7 nitrogen and oxygen atoms in total. The number of hydrogen-bond acceptors (Lipinski definition) is 7. The summed E-state index contributed by atoms with van der Waals surface area (Å²) >= 11 is 0. The van der Waals surface area contributed by atoms with E-state index >= 15 is 0 Å². The fourth-order valence-corrected chi connectivity index (χ4v) is 3.68. The Labute approximate surface area is 156 Å². The molecule has 2 aromatic rings. The van der Waals surface area contributed by atoms with E-state index in [4.69, 9.17) is 14.7 Å². The predicted molar refractivity (Wildman–Crippen MR) is 96.6 cm³/mol. The Bertz CT molecular complexity index is 1010. The van der Waals surface area contributed by atoms with E-state index in [0.29, 0.717) is 16.7 Å². The van der Waals surface area contributed by atoms with Gasteiger partial charge in [0.1, 0.15) is 5.75 Å². The third-order valence-corrected chi connectivity index (χ3v) is 5.05. The summed E-state index contributed by atoms with van der Waals surface area (Å²) in [7, 11) is -4.09. The van der Waals surface area contributed by atoms with Gasteiger partial charge in [0.2, 0.25) is 17.4 Å². The lowest BCUT2D eigenvalue weighted by molar-refractivity contribution is -0.123. The van der Waals surface area contributed by atoms with Crippen molar-refractivity contribution < 1.29 is 26.9 Å². The van der Waals surface area contributed by atoms with E-state index in [-0.39, 0.29) is 5.78 Å². The molecule has 1 heterocycles. The van der Waals surface area contributed by atoms with Crippen molar-refractivity contribution in [3.63, 3.8) is 0 Å². The molecule has 27 heavy (non-hydrogen) atoms. The summed E-state index contributed by atoms with van der Waals surface area (Å²) in [5.74, 6) is -2.15. The van der Waals surface area contributed by atoms with E-state index in [2.05, 4.69) is 0 Å². The highest BCUT2D eigenvalue weighted by Crippen LogP contribution is 2.32. The number of ketones is 2. The van der Waals surface area contributed by atoms with Crippen molar-refractivity contribution in [3.8, 4) is 0 Å². The number of carbonyl (C=O) groups excluding carboxylic acids is 2. The molecule has 0 amide bonds. The van der Waals surface area contributed by atoms with Gasteiger partial charge in [0.05, 0.1) is 0 Å². The molecular weight excluding hydrogens is 370 g/mol. The first-order valence-corrected chi connectivity index (χ1v) is 9.62. The fourth-order valence-electron chi connectivity index (χ4n) is 2.60. The lowest BCUT2D eigenvalue weighted by atomic mass is 10.0. The first kappa shape index (κ1) is 18.7. The zero-order valence-electron chi connectivity index (χ0n) is 14.4. The van der Waals surface area contributed by atoms with Crippen molar-refractivity contribution in [2.24, 2.45) is 5.73 Å². The van der Waals surface area contributed by atoms with E-state index in [9.17, 15) is 18.0 Å². The van der Waals surface area contributed by atoms with Crippen molar-refractivity contribution in [3.05, 3.63) is 82.9 Å². The molecule has 0 aliphatic carbocycles. The molecule has 1 aliphatic heterocycles. The van der Waals surface area contributed by atoms with Gasteiger partial charge >= 0.3 is 10.1 Å². The van der Waals surface area contributed by atoms with Crippen LogP contribution in [0.15, 0.2) is 66.2 Å². The molecule has 1 aliphatic rings. The number of nitrogens with two attached hydrogens (primary N) is 1. The van der Waals surface area contributed by atoms with Gasteiger partial charge in [-0.05, 0) is 12.5 Å². The van der Waals surface area contributed by atoms with Gasteiger partial charge in [-0.15, -0.1) is 0 Å². The molecule has 0 bridgehead atoms. The third-order valence-electron chi connectivity index (χ3n) is 3.95. The molecule has 0 radical (unpaired) electrons. The van der Waals surface area contributed by atoms with E-state index in [1.165, 1.54) is 6.92 Å².